The van der Waals surface area contributed by atoms with Crippen LogP contribution in [-0.4, -0.2) is 36.1 Å². The zero-order valence-corrected chi connectivity index (χ0v) is 18.4. The number of aromatic nitrogens is 2. The van der Waals surface area contributed by atoms with Crippen LogP contribution in [0.5, 0.6) is 5.88 Å². The third kappa shape index (κ3) is 7.00. The second kappa shape index (κ2) is 10.7. The molecule has 0 saturated heterocycles. The quantitative estimate of drug-likeness (QED) is 0.255. The van der Waals surface area contributed by atoms with E-state index in [0.29, 0.717) is 31.1 Å². The van der Waals surface area contributed by atoms with Gasteiger partial charge in [0, 0.05) is 13.2 Å². The standard InChI is InChI=1S/C16H19ClF3N5O2.HI/c1-9-10(2)27-13(25-9)8-24-15(21-3)22-4-5-26-14-12(17)6-11(7-23-14)16(18,19)20;/h6-7H,4-5,8H2,1-3H3,(H2,21,22,24);1H. The van der Waals surface area contributed by atoms with Crippen LogP contribution in [0.2, 0.25) is 5.02 Å². The Hall–Kier alpha value is -1.76. The van der Waals surface area contributed by atoms with Gasteiger partial charge < -0.3 is 19.8 Å². The van der Waals surface area contributed by atoms with Gasteiger partial charge in [0.05, 0.1) is 24.3 Å². The number of pyridine rings is 1. The molecule has 12 heteroatoms. The summed E-state index contributed by atoms with van der Waals surface area (Å²) in [6.45, 7) is 4.48. The van der Waals surface area contributed by atoms with Crippen molar-refractivity contribution in [2.24, 2.45) is 4.99 Å². The van der Waals surface area contributed by atoms with E-state index in [1.807, 2.05) is 13.8 Å². The molecule has 0 aliphatic rings. The highest BCUT2D eigenvalue weighted by Gasteiger charge is 2.31. The molecule has 0 aliphatic carbocycles. The summed E-state index contributed by atoms with van der Waals surface area (Å²) in [4.78, 5) is 11.9. The van der Waals surface area contributed by atoms with E-state index in [0.717, 1.165) is 17.5 Å². The molecule has 2 N–H and O–H groups in total. The third-order valence-electron chi connectivity index (χ3n) is 3.47. The van der Waals surface area contributed by atoms with Gasteiger partial charge in [0.15, 0.2) is 5.96 Å². The fourth-order valence-electron chi connectivity index (χ4n) is 2.00. The van der Waals surface area contributed by atoms with Gasteiger partial charge in [0.1, 0.15) is 17.4 Å². The maximum Gasteiger partial charge on any atom is 0.417 e. The highest BCUT2D eigenvalue weighted by molar-refractivity contribution is 14.0. The van der Waals surface area contributed by atoms with Gasteiger partial charge in [-0.2, -0.15) is 13.2 Å². The van der Waals surface area contributed by atoms with Gasteiger partial charge in [0.25, 0.3) is 0 Å². The van der Waals surface area contributed by atoms with Crippen LogP contribution in [0.1, 0.15) is 22.9 Å². The lowest BCUT2D eigenvalue weighted by atomic mass is 10.3. The monoisotopic (exact) mass is 533 g/mol. The molecule has 2 heterocycles. The van der Waals surface area contributed by atoms with E-state index >= 15 is 0 Å². The molecular formula is C16H20ClF3IN5O2. The molecule has 0 unspecified atom stereocenters. The smallest absolute Gasteiger partial charge is 0.417 e. The van der Waals surface area contributed by atoms with Crippen LogP contribution in [0.3, 0.4) is 0 Å². The SMILES string of the molecule is CN=C(NCCOc1ncc(C(F)(F)F)cc1Cl)NCc1nc(C)c(C)o1.I. The van der Waals surface area contributed by atoms with Crippen LogP contribution in [0.25, 0.3) is 0 Å². The summed E-state index contributed by atoms with van der Waals surface area (Å²) in [5.41, 5.74) is -0.108. The zero-order chi connectivity index (χ0) is 20.0. The average Bonchev–Trinajstić information content (AvgIpc) is 2.92. The molecule has 0 atom stereocenters. The number of nitrogens with one attached hydrogen (secondary N) is 2. The van der Waals surface area contributed by atoms with Crippen LogP contribution < -0.4 is 15.4 Å². The van der Waals surface area contributed by atoms with Crippen molar-refractivity contribution in [2.45, 2.75) is 26.6 Å². The minimum atomic E-state index is -4.51. The first-order valence-corrected chi connectivity index (χ1v) is 8.31. The molecule has 28 heavy (non-hydrogen) atoms. The molecule has 0 amide bonds. The number of guanidine groups is 1. The van der Waals surface area contributed by atoms with Crippen molar-refractivity contribution < 1.29 is 22.3 Å². The molecule has 2 rings (SSSR count). The molecule has 0 radical (unpaired) electrons. The number of halogens is 5. The number of rotatable bonds is 6. The van der Waals surface area contributed by atoms with Gasteiger partial charge >= 0.3 is 6.18 Å². The maximum atomic E-state index is 12.6. The Balaban J connectivity index is 0.00000392. The molecule has 0 fully saturated rings. The number of ether oxygens (including phenoxy) is 1. The Labute approximate surface area is 182 Å². The summed E-state index contributed by atoms with van der Waals surface area (Å²) in [5.74, 6) is 1.70. The van der Waals surface area contributed by atoms with E-state index < -0.39 is 11.7 Å². The summed E-state index contributed by atoms with van der Waals surface area (Å²) in [6, 6.07) is 0.776. The summed E-state index contributed by atoms with van der Waals surface area (Å²) < 4.78 is 48.5. The van der Waals surface area contributed by atoms with Crippen molar-refractivity contribution in [3.63, 3.8) is 0 Å². The molecule has 0 spiro atoms. The molecular weight excluding hydrogens is 514 g/mol. The molecule has 156 valence electrons. The number of oxazole rings is 1. The number of aryl methyl sites for hydroxylation is 2. The maximum absolute atomic E-state index is 12.6. The largest absolute Gasteiger partial charge is 0.475 e. The van der Waals surface area contributed by atoms with E-state index in [1.54, 1.807) is 7.05 Å². The first kappa shape index (κ1) is 24.3. The summed E-state index contributed by atoms with van der Waals surface area (Å²) >= 11 is 5.78. The number of alkyl halides is 3. The van der Waals surface area contributed by atoms with Gasteiger partial charge in [-0.1, -0.05) is 11.6 Å². The van der Waals surface area contributed by atoms with Crippen molar-refractivity contribution in [2.75, 3.05) is 20.2 Å². The van der Waals surface area contributed by atoms with Crippen LogP contribution in [0.15, 0.2) is 21.7 Å². The van der Waals surface area contributed by atoms with Gasteiger partial charge in [-0.05, 0) is 19.9 Å². The van der Waals surface area contributed by atoms with Crippen molar-refractivity contribution in [3.8, 4) is 5.88 Å². The summed E-state index contributed by atoms with van der Waals surface area (Å²) in [5, 5.41) is 5.79. The summed E-state index contributed by atoms with van der Waals surface area (Å²) in [7, 11) is 1.59. The van der Waals surface area contributed by atoms with Crippen molar-refractivity contribution in [1.29, 1.82) is 0 Å². The molecule has 0 saturated carbocycles. The van der Waals surface area contributed by atoms with E-state index in [2.05, 4.69) is 25.6 Å². The molecule has 0 bridgehead atoms. The molecule has 2 aromatic heterocycles. The second-order valence-electron chi connectivity index (χ2n) is 5.46. The highest BCUT2D eigenvalue weighted by atomic mass is 127. The van der Waals surface area contributed by atoms with Crippen LogP contribution in [0.4, 0.5) is 13.2 Å². The van der Waals surface area contributed by atoms with E-state index in [1.165, 1.54) is 0 Å². The number of hydrogen-bond donors (Lipinski definition) is 2. The Morgan fingerprint density at radius 1 is 1.32 bits per heavy atom. The lowest BCUT2D eigenvalue weighted by Gasteiger charge is -2.12. The van der Waals surface area contributed by atoms with E-state index in [-0.39, 0.29) is 41.5 Å². The first-order valence-electron chi connectivity index (χ1n) is 7.93. The van der Waals surface area contributed by atoms with E-state index in [9.17, 15) is 13.2 Å². The van der Waals surface area contributed by atoms with Crippen molar-refractivity contribution in [3.05, 3.63) is 40.2 Å². The third-order valence-corrected chi connectivity index (χ3v) is 3.74. The number of nitrogens with zero attached hydrogens (tertiary/aromatic N) is 3. The van der Waals surface area contributed by atoms with Crippen molar-refractivity contribution >= 4 is 41.5 Å². The minimum absolute atomic E-state index is 0. The van der Waals surface area contributed by atoms with Gasteiger partial charge in [0.2, 0.25) is 11.8 Å². The fourth-order valence-corrected chi connectivity index (χ4v) is 2.22. The van der Waals surface area contributed by atoms with Gasteiger partial charge in [-0.15, -0.1) is 24.0 Å². The first-order chi connectivity index (χ1) is 12.7. The average molecular weight is 534 g/mol. The molecule has 2 aromatic rings. The fraction of sp³-hybridized carbons (Fsp3) is 0.438. The number of hydrogen-bond acceptors (Lipinski definition) is 5. The number of aliphatic imine (C=N–C) groups is 1. The molecule has 0 aromatic carbocycles. The van der Waals surface area contributed by atoms with E-state index in [4.69, 9.17) is 20.8 Å². The zero-order valence-electron chi connectivity index (χ0n) is 15.4. The Kier molecular flexibility index (Phi) is 9.27. The predicted octanol–water partition coefficient (Wildman–Crippen LogP) is 3.72. The lowest BCUT2D eigenvalue weighted by molar-refractivity contribution is -0.137. The molecule has 7 nitrogen and oxygen atoms in total. The Morgan fingerprint density at radius 2 is 2.04 bits per heavy atom. The minimum Gasteiger partial charge on any atom is -0.475 e. The summed E-state index contributed by atoms with van der Waals surface area (Å²) in [6.07, 6.45) is -3.83. The predicted molar refractivity (Wildman–Crippen MR) is 109 cm³/mol. The topological polar surface area (TPSA) is 84.6 Å². The van der Waals surface area contributed by atoms with Crippen LogP contribution in [0, 0.1) is 13.8 Å². The second-order valence-corrected chi connectivity index (χ2v) is 5.87. The Bertz CT molecular complexity index is 795. The Morgan fingerprint density at radius 3 is 2.57 bits per heavy atom. The normalized spacial score (nSPS) is 11.8. The van der Waals surface area contributed by atoms with Gasteiger partial charge in [-0.25, -0.2) is 9.97 Å². The van der Waals surface area contributed by atoms with Crippen molar-refractivity contribution in [1.82, 2.24) is 20.6 Å². The van der Waals surface area contributed by atoms with Crippen LogP contribution >= 0.6 is 35.6 Å². The highest BCUT2D eigenvalue weighted by Crippen LogP contribution is 2.32. The lowest BCUT2D eigenvalue weighted by Crippen LogP contribution is -2.39. The molecule has 0 aliphatic heterocycles. The van der Waals surface area contributed by atoms with Crippen LogP contribution in [-0.2, 0) is 12.7 Å². The van der Waals surface area contributed by atoms with Gasteiger partial charge in [-0.3, -0.25) is 4.99 Å².